The molecule has 3 unspecified atom stereocenters. The number of aliphatic hydroxyl groups is 1. The first-order valence-corrected chi connectivity index (χ1v) is 13.8. The van der Waals surface area contributed by atoms with E-state index in [9.17, 15) is 18.3 Å². The molecular weight excluding hydrogens is 522 g/mol. The van der Waals surface area contributed by atoms with Crippen LogP contribution in [0.1, 0.15) is 37.7 Å². The van der Waals surface area contributed by atoms with Gasteiger partial charge in [-0.15, -0.1) is 0 Å². The number of allylic oxidation sites excluding steroid dienone is 2. The van der Waals surface area contributed by atoms with Gasteiger partial charge in [-0.2, -0.15) is 8.42 Å². The minimum atomic E-state index is -3.86. The lowest BCUT2D eigenvalue weighted by atomic mass is 9.85. The van der Waals surface area contributed by atoms with E-state index in [1.54, 1.807) is 35.9 Å². The van der Waals surface area contributed by atoms with Gasteiger partial charge >= 0.3 is 0 Å². The number of aromatic nitrogens is 2. The fraction of sp³-hybridized carbons (Fsp3) is 0.417. The van der Waals surface area contributed by atoms with Gasteiger partial charge in [-0.1, -0.05) is 35.0 Å². The normalized spacial score (nSPS) is 19.9. The molecule has 2 aromatic rings. The van der Waals surface area contributed by atoms with Crippen molar-refractivity contribution >= 4 is 37.4 Å². The van der Waals surface area contributed by atoms with E-state index in [0.29, 0.717) is 17.7 Å². The molecule has 2 N–H and O–H groups in total. The second-order valence-corrected chi connectivity index (χ2v) is 11.1. The summed E-state index contributed by atoms with van der Waals surface area (Å²) in [6.45, 7) is 2.27. The Kier molecular flexibility index (Phi) is 7.18. The lowest BCUT2D eigenvalue weighted by Gasteiger charge is -2.28. The number of hydrogen-bond donors (Lipinski definition) is 2. The summed E-state index contributed by atoms with van der Waals surface area (Å²) in [6, 6.07) is 6.92. The molecule has 1 saturated carbocycles. The predicted molar refractivity (Wildman–Crippen MR) is 132 cm³/mol. The van der Waals surface area contributed by atoms with Crippen LogP contribution in [0.2, 0.25) is 0 Å². The maximum atomic E-state index is 12.7. The van der Waals surface area contributed by atoms with Crippen molar-refractivity contribution in [1.29, 1.82) is 0 Å². The molecule has 1 aliphatic carbocycles. The number of halogens is 1. The number of imidazole rings is 1. The monoisotopic (exact) mass is 549 g/mol. The lowest BCUT2D eigenvalue weighted by molar-refractivity contribution is -0.111. The van der Waals surface area contributed by atoms with Crippen LogP contribution in [-0.2, 0) is 26.6 Å². The third-order valence-electron chi connectivity index (χ3n) is 6.26. The Hall–Kier alpha value is -2.59. The van der Waals surface area contributed by atoms with Gasteiger partial charge in [0.2, 0.25) is 0 Å². The summed E-state index contributed by atoms with van der Waals surface area (Å²) in [4.78, 5) is 16.1. The second kappa shape index (κ2) is 9.95. The summed E-state index contributed by atoms with van der Waals surface area (Å²) in [5.41, 5.74) is 1.74. The number of aliphatic hydroxyl groups excluding tert-OH is 1. The van der Waals surface area contributed by atoms with Gasteiger partial charge in [-0.05, 0) is 30.5 Å². The van der Waals surface area contributed by atoms with Crippen LogP contribution < -0.4 is 4.72 Å². The maximum Gasteiger partial charge on any atom is 0.280 e. The van der Waals surface area contributed by atoms with Crippen molar-refractivity contribution < 1.29 is 23.1 Å². The van der Waals surface area contributed by atoms with Crippen molar-refractivity contribution in [2.24, 2.45) is 18.9 Å². The summed E-state index contributed by atoms with van der Waals surface area (Å²) < 4.78 is 35.6. The number of alkyl halides is 1. The molecule has 1 aliphatic heterocycles. The smallest absolute Gasteiger partial charge is 0.280 e. The largest absolute Gasteiger partial charge is 0.508 e. The van der Waals surface area contributed by atoms with Gasteiger partial charge < -0.3 is 14.4 Å². The molecule has 0 radical (unpaired) electrons. The first-order chi connectivity index (χ1) is 16.2. The second-order valence-electron chi connectivity index (χ2n) is 8.69. The zero-order chi connectivity index (χ0) is 24.5. The Bertz CT molecular complexity index is 1250. The number of benzene rings is 1. The molecule has 0 saturated heterocycles. The van der Waals surface area contributed by atoms with E-state index < -0.39 is 10.0 Å². The number of anilines is 1. The number of carbonyl (C=O) groups is 1. The molecule has 1 fully saturated rings. The van der Waals surface area contributed by atoms with Crippen LogP contribution in [0.4, 0.5) is 5.69 Å². The first-order valence-electron chi connectivity index (χ1n) is 11.2. The molecule has 3 atom stereocenters. The number of aryl methyl sites for hydroxylation is 1. The third kappa shape index (κ3) is 5.22. The summed E-state index contributed by atoms with van der Waals surface area (Å²) in [6.07, 6.45) is 6.72. The van der Waals surface area contributed by atoms with E-state index in [-0.39, 0.29) is 40.9 Å². The highest BCUT2D eigenvalue weighted by Gasteiger charge is 2.45. The van der Waals surface area contributed by atoms with Crippen molar-refractivity contribution in [1.82, 2.24) is 9.55 Å². The molecule has 0 spiro atoms. The summed E-state index contributed by atoms with van der Waals surface area (Å²) in [5, 5.41) is 11.7. The van der Waals surface area contributed by atoms with Gasteiger partial charge in [0, 0.05) is 60.1 Å². The van der Waals surface area contributed by atoms with Crippen LogP contribution in [-0.4, -0.2) is 40.8 Å². The third-order valence-corrected chi connectivity index (χ3v) is 7.99. The van der Waals surface area contributed by atoms with Crippen molar-refractivity contribution in [3.8, 4) is 0 Å². The van der Waals surface area contributed by atoms with Gasteiger partial charge in [0.15, 0.2) is 5.03 Å². The molecular formula is C24H28BrN3O5S. The summed E-state index contributed by atoms with van der Waals surface area (Å²) in [7, 11) is -2.17. The van der Waals surface area contributed by atoms with E-state index >= 15 is 0 Å². The molecule has 1 aromatic heterocycles. The topological polar surface area (TPSA) is 111 Å². The predicted octanol–water partition coefficient (Wildman–Crippen LogP) is 4.43. The number of sulfonamides is 1. The van der Waals surface area contributed by atoms with Crippen molar-refractivity contribution in [3.05, 3.63) is 65.5 Å². The Morgan fingerprint density at radius 1 is 1.38 bits per heavy atom. The number of nitrogens with one attached hydrogen (secondary N) is 1. The number of carbonyl (C=O) groups excluding carboxylic acids is 1. The van der Waals surface area contributed by atoms with Crippen LogP contribution in [0, 0.1) is 11.8 Å². The molecule has 182 valence electrons. The molecule has 34 heavy (non-hydrogen) atoms. The number of nitrogens with zero attached hydrogens (tertiary/aromatic N) is 2. The number of Topliss-reactive ketones (excluding diaryl/α,β-unsaturated/α-hetero) is 1. The van der Waals surface area contributed by atoms with E-state index in [4.69, 9.17) is 4.74 Å². The average Bonchev–Trinajstić information content (AvgIpc) is 3.32. The molecule has 2 aliphatic rings. The van der Waals surface area contributed by atoms with Gasteiger partial charge in [0.25, 0.3) is 10.0 Å². The van der Waals surface area contributed by atoms with Gasteiger partial charge in [0.1, 0.15) is 23.9 Å². The molecule has 0 bridgehead atoms. The summed E-state index contributed by atoms with van der Waals surface area (Å²) in [5.74, 6) is 0.543. The van der Waals surface area contributed by atoms with Crippen LogP contribution in [0.25, 0.3) is 0 Å². The first kappa shape index (κ1) is 24.5. The fourth-order valence-corrected chi connectivity index (χ4v) is 5.92. The minimum Gasteiger partial charge on any atom is -0.508 e. The Morgan fingerprint density at radius 2 is 2.15 bits per heavy atom. The molecule has 2 heterocycles. The summed E-state index contributed by atoms with van der Waals surface area (Å²) >= 11 is 3.47. The molecule has 8 nitrogen and oxygen atoms in total. The van der Waals surface area contributed by atoms with Crippen LogP contribution in [0.15, 0.2) is 65.0 Å². The number of ether oxygens (including phenoxy) is 1. The highest BCUT2D eigenvalue weighted by atomic mass is 79.9. The number of rotatable bonds is 10. The standard InChI is InChI=1S/C24H28BrN3O5S/c1-3-15(7-8-25)22-11-21(30)19(13-33-22)24(18-10-20(18)29)16-5-4-6-17(9-16)27-34(31,32)23-12-28(2)14-26-23/h4-6,9,11-12,14-15,18,24,27,30H,3,7-8,10,13H2,1-2H3. The number of ketones is 1. The van der Waals surface area contributed by atoms with Crippen LogP contribution in [0.5, 0.6) is 0 Å². The van der Waals surface area contributed by atoms with Crippen LogP contribution >= 0.6 is 15.9 Å². The molecule has 1 aromatic carbocycles. The quantitative estimate of drug-likeness (QED) is 0.424. The Morgan fingerprint density at radius 3 is 2.74 bits per heavy atom. The van der Waals surface area contributed by atoms with E-state index in [2.05, 4.69) is 32.6 Å². The van der Waals surface area contributed by atoms with Crippen molar-refractivity contribution in [2.75, 3.05) is 16.7 Å². The fourth-order valence-electron chi connectivity index (χ4n) is 4.34. The van der Waals surface area contributed by atoms with Crippen molar-refractivity contribution in [2.45, 2.75) is 37.1 Å². The average molecular weight is 550 g/mol. The SMILES string of the molecule is CCC(CCBr)C1=CC(O)=C(C(c2cccc(NS(=O)(=O)c3cn(C)cn3)c2)C2CC2=O)CO1. The Labute approximate surface area is 207 Å². The van der Waals surface area contributed by atoms with Gasteiger partial charge in [-0.3, -0.25) is 9.52 Å². The highest BCUT2D eigenvalue weighted by molar-refractivity contribution is 9.09. The van der Waals surface area contributed by atoms with Crippen LogP contribution in [0.3, 0.4) is 0 Å². The molecule has 10 heteroatoms. The minimum absolute atomic E-state index is 0.0815. The molecule has 4 rings (SSSR count). The zero-order valence-electron chi connectivity index (χ0n) is 19.1. The Balaban J connectivity index is 1.65. The molecule has 0 amide bonds. The van der Waals surface area contributed by atoms with E-state index in [0.717, 1.165) is 29.5 Å². The van der Waals surface area contributed by atoms with E-state index in [1.165, 1.54) is 12.5 Å². The maximum absolute atomic E-state index is 12.7. The zero-order valence-corrected chi connectivity index (χ0v) is 21.5. The lowest BCUT2D eigenvalue weighted by Crippen LogP contribution is -2.20. The van der Waals surface area contributed by atoms with Gasteiger partial charge in [0.05, 0.1) is 6.33 Å². The highest BCUT2D eigenvalue weighted by Crippen LogP contribution is 2.46. The van der Waals surface area contributed by atoms with E-state index in [1.807, 2.05) is 6.07 Å². The van der Waals surface area contributed by atoms with Gasteiger partial charge in [-0.25, -0.2) is 4.98 Å². The van der Waals surface area contributed by atoms with Crippen molar-refractivity contribution in [3.63, 3.8) is 0 Å². The number of hydrogen-bond acceptors (Lipinski definition) is 6.